The molecule has 0 fully saturated rings. The molecule has 142 valence electrons. The van der Waals surface area contributed by atoms with Gasteiger partial charge < -0.3 is 5.32 Å². The van der Waals surface area contributed by atoms with Crippen molar-refractivity contribution >= 4 is 12.0 Å². The predicted octanol–water partition coefficient (Wildman–Crippen LogP) is 5.52. The largest absolute Gasteiger partial charge is 0.345 e. The van der Waals surface area contributed by atoms with Gasteiger partial charge in [0, 0.05) is 0 Å². The molecule has 3 nitrogen and oxygen atoms in total. The summed E-state index contributed by atoms with van der Waals surface area (Å²) in [5, 5.41) is 12.2. The number of allylic oxidation sites excluding steroid dienone is 2. The first-order valence-corrected chi connectivity index (χ1v) is 9.52. The molecule has 0 aliphatic carbocycles. The van der Waals surface area contributed by atoms with Crippen LogP contribution in [-0.2, 0) is 11.2 Å². The van der Waals surface area contributed by atoms with Crippen molar-refractivity contribution in [1.29, 1.82) is 5.26 Å². The van der Waals surface area contributed by atoms with Gasteiger partial charge in [-0.3, -0.25) is 4.79 Å². The summed E-state index contributed by atoms with van der Waals surface area (Å²) in [5.74, 6) is -0.398. The standard InChI is InChI=1S/C24H30N2O/c1-5-8-9-10-12-20-13-15-21(16-14-20)17-23(18-25)24(27)26-19(4)22(7-3)11-6-2/h6-7,11,13-17,19H,2-3,5,8-10,12H2,1,4H3,(H,26,27)/b22-11+,23-17+. The molecule has 27 heavy (non-hydrogen) atoms. The third-order valence-corrected chi connectivity index (χ3v) is 4.37. The lowest BCUT2D eigenvalue weighted by molar-refractivity contribution is -0.117. The summed E-state index contributed by atoms with van der Waals surface area (Å²) in [4.78, 5) is 12.4. The molecule has 0 aromatic heterocycles. The van der Waals surface area contributed by atoms with Crippen molar-refractivity contribution in [2.75, 3.05) is 0 Å². The lowest BCUT2D eigenvalue weighted by Gasteiger charge is -2.14. The molecule has 1 aromatic carbocycles. The molecule has 0 bridgehead atoms. The van der Waals surface area contributed by atoms with Gasteiger partial charge in [-0.05, 0) is 42.5 Å². The molecule has 0 spiro atoms. The number of hydrogen-bond acceptors (Lipinski definition) is 2. The van der Waals surface area contributed by atoms with Crippen LogP contribution in [-0.4, -0.2) is 11.9 Å². The van der Waals surface area contributed by atoms with Crippen molar-refractivity contribution in [2.45, 2.75) is 52.0 Å². The van der Waals surface area contributed by atoms with Crippen LogP contribution in [0.25, 0.3) is 6.08 Å². The molecule has 0 aliphatic rings. The number of nitrogens with one attached hydrogen (secondary N) is 1. The number of amides is 1. The molecular weight excluding hydrogens is 332 g/mol. The number of hydrogen-bond donors (Lipinski definition) is 1. The maximum atomic E-state index is 12.4. The summed E-state index contributed by atoms with van der Waals surface area (Å²) in [6.07, 6.45) is 12.7. The van der Waals surface area contributed by atoms with Crippen LogP contribution < -0.4 is 5.32 Å². The van der Waals surface area contributed by atoms with Gasteiger partial charge in [-0.15, -0.1) is 0 Å². The zero-order valence-electron chi connectivity index (χ0n) is 16.5. The number of unbranched alkanes of at least 4 members (excludes halogenated alkanes) is 3. The zero-order chi connectivity index (χ0) is 20.1. The fraction of sp³-hybridized carbons (Fsp3) is 0.333. The van der Waals surface area contributed by atoms with Crippen LogP contribution in [0.15, 0.2) is 66.8 Å². The Bertz CT molecular complexity index is 733. The number of benzene rings is 1. The number of rotatable bonds is 11. The molecule has 0 heterocycles. The minimum atomic E-state index is -0.398. The van der Waals surface area contributed by atoms with Gasteiger partial charge in [0.1, 0.15) is 11.6 Å². The summed E-state index contributed by atoms with van der Waals surface area (Å²) < 4.78 is 0. The normalized spacial score (nSPS) is 12.8. The van der Waals surface area contributed by atoms with Gasteiger partial charge in [-0.25, -0.2) is 0 Å². The number of carbonyl (C=O) groups excluding carboxylic acids is 1. The first kappa shape index (κ1) is 22.2. The minimum Gasteiger partial charge on any atom is -0.345 e. The quantitative estimate of drug-likeness (QED) is 0.244. The maximum Gasteiger partial charge on any atom is 0.262 e. The van der Waals surface area contributed by atoms with E-state index >= 15 is 0 Å². The molecule has 0 aliphatic heterocycles. The Balaban J connectivity index is 2.77. The molecule has 0 saturated heterocycles. The second-order valence-electron chi connectivity index (χ2n) is 6.52. The second-order valence-corrected chi connectivity index (χ2v) is 6.52. The zero-order valence-corrected chi connectivity index (χ0v) is 16.5. The molecule has 0 radical (unpaired) electrons. The van der Waals surface area contributed by atoms with E-state index < -0.39 is 5.91 Å². The van der Waals surface area contributed by atoms with Gasteiger partial charge in [0.2, 0.25) is 0 Å². The summed E-state index contributed by atoms with van der Waals surface area (Å²) >= 11 is 0. The van der Waals surface area contributed by atoms with Crippen molar-refractivity contribution < 1.29 is 4.79 Å². The van der Waals surface area contributed by atoms with E-state index in [1.165, 1.54) is 31.2 Å². The monoisotopic (exact) mass is 362 g/mol. The molecule has 1 N–H and O–H groups in total. The van der Waals surface area contributed by atoms with Crippen LogP contribution in [0.4, 0.5) is 0 Å². The van der Waals surface area contributed by atoms with Crippen LogP contribution in [0.5, 0.6) is 0 Å². The maximum absolute atomic E-state index is 12.4. The highest BCUT2D eigenvalue weighted by atomic mass is 16.1. The molecule has 1 unspecified atom stereocenters. The third kappa shape index (κ3) is 7.92. The fourth-order valence-electron chi connectivity index (χ4n) is 2.73. The van der Waals surface area contributed by atoms with Gasteiger partial charge in [-0.1, -0.05) is 81.8 Å². The number of carbonyl (C=O) groups is 1. The van der Waals surface area contributed by atoms with Gasteiger partial charge >= 0.3 is 0 Å². The molecule has 3 heteroatoms. The Kier molecular flexibility index (Phi) is 10.3. The Labute approximate surface area is 163 Å². The van der Waals surface area contributed by atoms with Crippen LogP contribution in [0.3, 0.4) is 0 Å². The minimum absolute atomic E-state index is 0.0829. The predicted molar refractivity (Wildman–Crippen MR) is 114 cm³/mol. The summed E-state index contributed by atoms with van der Waals surface area (Å²) in [5.41, 5.74) is 3.05. The van der Waals surface area contributed by atoms with E-state index in [0.29, 0.717) is 0 Å². The van der Waals surface area contributed by atoms with E-state index in [0.717, 1.165) is 17.6 Å². The molecule has 1 rings (SSSR count). The average molecular weight is 363 g/mol. The lowest BCUT2D eigenvalue weighted by Crippen LogP contribution is -2.34. The highest BCUT2D eigenvalue weighted by Crippen LogP contribution is 2.13. The van der Waals surface area contributed by atoms with Crippen molar-refractivity contribution in [3.05, 3.63) is 77.9 Å². The molecule has 1 amide bonds. The number of nitrogens with zero attached hydrogens (tertiary/aromatic N) is 1. The van der Waals surface area contributed by atoms with Gasteiger partial charge in [-0.2, -0.15) is 5.26 Å². The Hall–Kier alpha value is -2.86. The van der Waals surface area contributed by atoms with Crippen molar-refractivity contribution in [3.8, 4) is 6.07 Å². The van der Waals surface area contributed by atoms with Gasteiger partial charge in [0.25, 0.3) is 5.91 Å². The van der Waals surface area contributed by atoms with E-state index in [4.69, 9.17) is 0 Å². The van der Waals surface area contributed by atoms with Gasteiger partial charge in [0.05, 0.1) is 6.04 Å². The topological polar surface area (TPSA) is 52.9 Å². The Morgan fingerprint density at radius 3 is 2.48 bits per heavy atom. The lowest BCUT2D eigenvalue weighted by atomic mass is 10.0. The Morgan fingerprint density at radius 1 is 1.22 bits per heavy atom. The SMILES string of the molecule is C=C/C=C(\C=C)C(C)NC(=O)/C(C#N)=C/c1ccc(CCCCCC)cc1. The second kappa shape index (κ2) is 12.5. The van der Waals surface area contributed by atoms with E-state index in [1.54, 1.807) is 24.3 Å². The molecule has 0 saturated carbocycles. The van der Waals surface area contributed by atoms with E-state index in [1.807, 2.05) is 25.1 Å². The van der Waals surface area contributed by atoms with Gasteiger partial charge in [0.15, 0.2) is 0 Å². The van der Waals surface area contributed by atoms with Crippen LogP contribution in [0.1, 0.15) is 50.7 Å². The van der Waals surface area contributed by atoms with Crippen molar-refractivity contribution in [1.82, 2.24) is 5.32 Å². The summed E-state index contributed by atoms with van der Waals surface area (Å²) in [6, 6.07) is 9.78. The van der Waals surface area contributed by atoms with Crippen LogP contribution in [0, 0.1) is 11.3 Å². The summed E-state index contributed by atoms with van der Waals surface area (Å²) in [7, 11) is 0. The van der Waals surface area contributed by atoms with Crippen LogP contribution in [0.2, 0.25) is 0 Å². The fourth-order valence-corrected chi connectivity index (χ4v) is 2.73. The van der Waals surface area contributed by atoms with E-state index in [2.05, 4.69) is 37.5 Å². The van der Waals surface area contributed by atoms with Crippen molar-refractivity contribution in [2.24, 2.45) is 0 Å². The summed E-state index contributed by atoms with van der Waals surface area (Å²) in [6.45, 7) is 11.4. The van der Waals surface area contributed by atoms with Crippen LogP contribution >= 0.6 is 0 Å². The van der Waals surface area contributed by atoms with E-state index in [9.17, 15) is 10.1 Å². The van der Waals surface area contributed by atoms with Crippen molar-refractivity contribution in [3.63, 3.8) is 0 Å². The Morgan fingerprint density at radius 2 is 1.93 bits per heavy atom. The highest BCUT2D eigenvalue weighted by Gasteiger charge is 2.14. The molecule has 1 atom stereocenters. The first-order chi connectivity index (χ1) is 13.0. The smallest absolute Gasteiger partial charge is 0.262 e. The van der Waals surface area contributed by atoms with E-state index in [-0.39, 0.29) is 11.6 Å². The highest BCUT2D eigenvalue weighted by molar-refractivity contribution is 6.02. The number of aryl methyl sites for hydroxylation is 1. The third-order valence-electron chi connectivity index (χ3n) is 4.37. The molecular formula is C24H30N2O. The number of nitriles is 1. The first-order valence-electron chi connectivity index (χ1n) is 9.52. The molecule has 1 aromatic rings. The average Bonchev–Trinajstić information content (AvgIpc) is 2.68.